The second kappa shape index (κ2) is 5.13. The largest absolute Gasteiger partial charge is 0.451 e. The van der Waals surface area contributed by atoms with Gasteiger partial charge in [0, 0.05) is 6.07 Å². The number of hydrogen-bond donors (Lipinski definition) is 0. The molecule has 0 amide bonds. The first kappa shape index (κ1) is 13.7. The van der Waals surface area contributed by atoms with Gasteiger partial charge in [-0.15, -0.1) is 0 Å². The van der Waals surface area contributed by atoms with E-state index in [1.807, 2.05) is 0 Å². The van der Waals surface area contributed by atoms with Crippen LogP contribution in [0.5, 0.6) is 11.5 Å². The molecular formula is C12H3F5N2O. The Morgan fingerprint density at radius 2 is 1.60 bits per heavy atom. The van der Waals surface area contributed by atoms with Crippen LogP contribution in [0.15, 0.2) is 18.2 Å². The zero-order valence-corrected chi connectivity index (χ0v) is 9.42. The minimum absolute atomic E-state index is 0.328. The first-order chi connectivity index (χ1) is 9.43. The second-order valence-corrected chi connectivity index (χ2v) is 3.51. The summed E-state index contributed by atoms with van der Waals surface area (Å²) in [4.78, 5) is 2.34. The monoisotopic (exact) mass is 286 g/mol. The minimum Gasteiger partial charge on any atom is -0.451 e. The zero-order valence-electron chi connectivity index (χ0n) is 9.42. The predicted octanol–water partition coefficient (Wildman–Crippen LogP) is 3.44. The number of ether oxygens (including phenoxy) is 1. The molecule has 2 rings (SSSR count). The molecule has 20 heavy (non-hydrogen) atoms. The molecule has 8 heteroatoms. The van der Waals surface area contributed by atoms with Crippen molar-refractivity contribution < 1.29 is 26.7 Å². The summed E-state index contributed by atoms with van der Waals surface area (Å²) >= 11 is 0. The molecule has 0 unspecified atom stereocenters. The Morgan fingerprint density at radius 1 is 1.00 bits per heavy atom. The zero-order chi connectivity index (χ0) is 14.9. The Balaban J connectivity index is 2.45. The van der Waals surface area contributed by atoms with E-state index < -0.39 is 40.8 Å². The molecule has 102 valence electrons. The highest BCUT2D eigenvalue weighted by Crippen LogP contribution is 2.30. The molecule has 0 aliphatic carbocycles. The average molecular weight is 286 g/mol. The van der Waals surface area contributed by atoms with Crippen LogP contribution in [0.2, 0.25) is 0 Å². The van der Waals surface area contributed by atoms with Gasteiger partial charge in [0.25, 0.3) is 11.9 Å². The smallest absolute Gasteiger partial charge is 0.255 e. The van der Waals surface area contributed by atoms with Crippen LogP contribution in [0.4, 0.5) is 22.0 Å². The van der Waals surface area contributed by atoms with E-state index in [0.29, 0.717) is 6.07 Å². The van der Waals surface area contributed by atoms with E-state index in [2.05, 4.69) is 9.72 Å². The van der Waals surface area contributed by atoms with Crippen LogP contribution in [0.25, 0.3) is 0 Å². The van der Waals surface area contributed by atoms with Gasteiger partial charge in [-0.25, -0.2) is 4.39 Å². The number of nitriles is 1. The molecule has 0 bridgehead atoms. The number of benzene rings is 1. The first-order valence-electron chi connectivity index (χ1n) is 5.01. The SMILES string of the molecule is N#Cc1ccc(Oc2c(F)c(F)nc(F)c2F)cc1F. The maximum absolute atomic E-state index is 13.3. The molecular weight excluding hydrogens is 283 g/mol. The van der Waals surface area contributed by atoms with Gasteiger partial charge in [0.15, 0.2) is 0 Å². The Morgan fingerprint density at radius 3 is 2.10 bits per heavy atom. The first-order valence-corrected chi connectivity index (χ1v) is 5.01. The number of nitrogens with zero attached hydrogens (tertiary/aromatic N) is 2. The van der Waals surface area contributed by atoms with Gasteiger partial charge in [0.1, 0.15) is 17.6 Å². The highest BCUT2D eigenvalue weighted by atomic mass is 19.2. The van der Waals surface area contributed by atoms with Crippen molar-refractivity contribution in [3.8, 4) is 17.6 Å². The maximum Gasteiger partial charge on any atom is 0.255 e. The van der Waals surface area contributed by atoms with Gasteiger partial charge >= 0.3 is 0 Å². The van der Waals surface area contributed by atoms with E-state index in [9.17, 15) is 22.0 Å². The highest BCUT2D eigenvalue weighted by Gasteiger charge is 2.23. The molecule has 1 heterocycles. The highest BCUT2D eigenvalue weighted by molar-refractivity contribution is 5.39. The van der Waals surface area contributed by atoms with E-state index in [1.165, 1.54) is 6.07 Å². The number of aromatic nitrogens is 1. The van der Waals surface area contributed by atoms with Crippen molar-refractivity contribution in [2.45, 2.75) is 0 Å². The van der Waals surface area contributed by atoms with Crippen molar-refractivity contribution >= 4 is 0 Å². The summed E-state index contributed by atoms with van der Waals surface area (Å²) in [5.74, 6) is -10.3. The second-order valence-electron chi connectivity index (χ2n) is 3.51. The van der Waals surface area contributed by atoms with Crippen LogP contribution in [0.3, 0.4) is 0 Å². The van der Waals surface area contributed by atoms with Gasteiger partial charge in [-0.3, -0.25) is 0 Å². The molecule has 0 radical (unpaired) electrons. The molecule has 0 spiro atoms. The topological polar surface area (TPSA) is 45.9 Å². The van der Waals surface area contributed by atoms with Crippen molar-refractivity contribution in [2.24, 2.45) is 0 Å². The van der Waals surface area contributed by atoms with Gasteiger partial charge in [0.2, 0.25) is 17.4 Å². The molecule has 1 aromatic heterocycles. The van der Waals surface area contributed by atoms with E-state index >= 15 is 0 Å². The quantitative estimate of drug-likeness (QED) is 0.627. The normalized spacial score (nSPS) is 10.2. The summed E-state index contributed by atoms with van der Waals surface area (Å²) in [7, 11) is 0. The third-order valence-corrected chi connectivity index (χ3v) is 2.24. The number of hydrogen-bond acceptors (Lipinski definition) is 3. The van der Waals surface area contributed by atoms with E-state index in [-0.39, 0.29) is 5.56 Å². The fourth-order valence-corrected chi connectivity index (χ4v) is 1.33. The summed E-state index contributed by atoms with van der Waals surface area (Å²) < 4.78 is 70.0. The molecule has 0 atom stereocenters. The van der Waals surface area contributed by atoms with Crippen LogP contribution in [0, 0.1) is 40.7 Å². The molecule has 1 aromatic carbocycles. The lowest BCUT2D eigenvalue weighted by Gasteiger charge is -2.08. The standard InChI is InChI=1S/C12H3F5N2O/c13-7-3-6(2-1-5(7)4-18)20-10-8(14)11(16)19-12(17)9(10)15/h1-3H. The Kier molecular flexibility index (Phi) is 3.52. The van der Waals surface area contributed by atoms with Gasteiger partial charge in [0.05, 0.1) is 5.56 Å². The van der Waals surface area contributed by atoms with Crippen LogP contribution in [0.1, 0.15) is 5.56 Å². The number of halogens is 5. The lowest BCUT2D eigenvalue weighted by atomic mass is 10.2. The summed E-state index contributed by atoms with van der Waals surface area (Å²) in [6.45, 7) is 0. The fourth-order valence-electron chi connectivity index (χ4n) is 1.33. The molecule has 0 aliphatic heterocycles. The van der Waals surface area contributed by atoms with Gasteiger partial charge < -0.3 is 4.74 Å². The molecule has 0 saturated heterocycles. The number of rotatable bonds is 2. The maximum atomic E-state index is 13.3. The molecule has 0 N–H and O–H groups in total. The molecule has 3 nitrogen and oxygen atoms in total. The van der Waals surface area contributed by atoms with Crippen molar-refractivity contribution in [1.29, 1.82) is 5.26 Å². The van der Waals surface area contributed by atoms with E-state index in [4.69, 9.17) is 5.26 Å². The predicted molar refractivity (Wildman–Crippen MR) is 55.3 cm³/mol. The van der Waals surface area contributed by atoms with E-state index in [1.54, 1.807) is 0 Å². The Hall–Kier alpha value is -2.69. The summed E-state index contributed by atoms with van der Waals surface area (Å²) in [5, 5.41) is 8.50. The van der Waals surface area contributed by atoms with Crippen LogP contribution in [-0.4, -0.2) is 4.98 Å². The number of pyridine rings is 1. The lowest BCUT2D eigenvalue weighted by Crippen LogP contribution is -2.03. The minimum atomic E-state index is -1.90. The van der Waals surface area contributed by atoms with Crippen LogP contribution < -0.4 is 4.74 Å². The van der Waals surface area contributed by atoms with Crippen molar-refractivity contribution in [3.63, 3.8) is 0 Å². The van der Waals surface area contributed by atoms with Crippen molar-refractivity contribution in [1.82, 2.24) is 4.98 Å². The molecule has 0 saturated carbocycles. The Labute approximate surface area is 108 Å². The van der Waals surface area contributed by atoms with Crippen molar-refractivity contribution in [3.05, 3.63) is 53.1 Å². The summed E-state index contributed by atoms with van der Waals surface area (Å²) in [6.07, 6.45) is 0. The van der Waals surface area contributed by atoms with Gasteiger partial charge in [-0.05, 0) is 12.1 Å². The lowest BCUT2D eigenvalue weighted by molar-refractivity contribution is 0.342. The average Bonchev–Trinajstić information content (AvgIpc) is 2.41. The van der Waals surface area contributed by atoms with Gasteiger partial charge in [-0.1, -0.05) is 0 Å². The summed E-state index contributed by atoms with van der Waals surface area (Å²) in [6, 6.07) is 4.16. The Bertz CT molecular complexity index is 701. The molecule has 0 fully saturated rings. The fraction of sp³-hybridized carbons (Fsp3) is 0. The molecule has 0 aliphatic rings. The van der Waals surface area contributed by atoms with Crippen LogP contribution >= 0.6 is 0 Å². The molecule has 2 aromatic rings. The summed E-state index contributed by atoms with van der Waals surface area (Å²) in [5.41, 5.74) is -0.328. The van der Waals surface area contributed by atoms with E-state index in [0.717, 1.165) is 12.1 Å². The van der Waals surface area contributed by atoms with Crippen molar-refractivity contribution in [2.75, 3.05) is 0 Å². The third kappa shape index (κ3) is 2.38. The van der Waals surface area contributed by atoms with Crippen LogP contribution in [-0.2, 0) is 0 Å². The van der Waals surface area contributed by atoms with Gasteiger partial charge in [-0.2, -0.15) is 27.8 Å². The third-order valence-electron chi connectivity index (χ3n) is 2.24.